The van der Waals surface area contributed by atoms with E-state index in [-0.39, 0.29) is 0 Å². The van der Waals surface area contributed by atoms with Crippen LogP contribution in [0.4, 0.5) is 0 Å². The van der Waals surface area contributed by atoms with E-state index < -0.39 is 17.9 Å². The number of ether oxygens (including phenoxy) is 1. The Hall–Kier alpha value is -4.17. The maximum absolute atomic E-state index is 13.3. The lowest BCUT2D eigenvalue weighted by Crippen LogP contribution is -2.41. The van der Waals surface area contributed by atoms with Crippen LogP contribution >= 0.6 is 11.8 Å². The number of para-hydroxylation sites is 1. The van der Waals surface area contributed by atoms with Crippen molar-refractivity contribution in [1.29, 1.82) is 0 Å². The van der Waals surface area contributed by atoms with E-state index in [1.165, 1.54) is 0 Å². The molecule has 1 amide bonds. The summed E-state index contributed by atoms with van der Waals surface area (Å²) in [6.07, 6.45) is 3.62. The van der Waals surface area contributed by atoms with E-state index in [4.69, 9.17) is 4.74 Å². The Kier molecular flexibility index (Phi) is 9.69. The molecule has 1 heterocycles. The van der Waals surface area contributed by atoms with Crippen LogP contribution in [-0.4, -0.2) is 45.2 Å². The monoisotopic (exact) mass is 541 g/mol. The molecule has 3 aromatic carbocycles. The Labute approximate surface area is 232 Å². The van der Waals surface area contributed by atoms with Crippen molar-refractivity contribution in [2.24, 2.45) is 0 Å². The number of carboxylic acids is 1. The molecule has 0 aliphatic heterocycles. The van der Waals surface area contributed by atoms with Crippen molar-refractivity contribution in [2.45, 2.75) is 32.2 Å². The van der Waals surface area contributed by atoms with Gasteiger partial charge in [0.05, 0.1) is 5.69 Å². The normalized spacial score (nSPS) is 11.5. The number of amides is 1. The number of nitrogens with one attached hydrogen (secondary N) is 1. The molecule has 0 radical (unpaired) electrons. The van der Waals surface area contributed by atoms with E-state index in [2.05, 4.69) is 15.5 Å². The predicted octanol–water partition coefficient (Wildman–Crippen LogP) is 5.97. The van der Waals surface area contributed by atoms with E-state index in [9.17, 15) is 14.7 Å². The molecule has 0 spiro atoms. The van der Waals surface area contributed by atoms with Crippen LogP contribution in [0.2, 0.25) is 0 Å². The smallest absolute Gasteiger partial charge is 0.326 e. The fraction of sp³-hybridized carbons (Fsp3) is 0.226. The number of hydrogen-bond donors (Lipinski definition) is 2. The van der Waals surface area contributed by atoms with Crippen LogP contribution in [0.25, 0.3) is 11.1 Å². The van der Waals surface area contributed by atoms with Gasteiger partial charge >= 0.3 is 5.97 Å². The van der Waals surface area contributed by atoms with Crippen molar-refractivity contribution < 1.29 is 19.4 Å². The quantitative estimate of drug-likeness (QED) is 0.228. The van der Waals surface area contributed by atoms with Crippen LogP contribution in [0.5, 0.6) is 11.6 Å². The molecular formula is C31H31N3O4S. The molecule has 0 saturated heterocycles. The molecular weight excluding hydrogens is 510 g/mol. The maximum atomic E-state index is 13.3. The van der Waals surface area contributed by atoms with Crippen LogP contribution in [-0.2, 0) is 17.6 Å². The van der Waals surface area contributed by atoms with E-state index >= 15 is 0 Å². The number of hydrogen-bond acceptors (Lipinski definition) is 6. The average molecular weight is 542 g/mol. The molecule has 4 aromatic rings. The molecule has 1 aromatic heterocycles. The topological polar surface area (TPSA) is 101 Å². The third-order valence-corrected chi connectivity index (χ3v) is 6.95. The van der Waals surface area contributed by atoms with E-state index in [1.54, 1.807) is 23.9 Å². The Bertz CT molecular complexity index is 1410. The summed E-state index contributed by atoms with van der Waals surface area (Å²) < 4.78 is 5.72. The Balaban J connectivity index is 1.52. The number of aliphatic carboxylic acids is 1. The molecule has 1 atom stereocenters. The van der Waals surface area contributed by atoms with Gasteiger partial charge < -0.3 is 15.2 Å². The highest BCUT2D eigenvalue weighted by molar-refractivity contribution is 7.98. The van der Waals surface area contributed by atoms with Gasteiger partial charge in [-0.15, -0.1) is 5.10 Å². The predicted molar refractivity (Wildman–Crippen MR) is 154 cm³/mol. The van der Waals surface area contributed by atoms with Gasteiger partial charge in [0.25, 0.3) is 5.91 Å². The van der Waals surface area contributed by atoms with Crippen molar-refractivity contribution in [3.63, 3.8) is 0 Å². The maximum Gasteiger partial charge on any atom is 0.326 e. The highest BCUT2D eigenvalue weighted by atomic mass is 32.2. The number of carboxylic acid groups (broad SMARTS) is 1. The van der Waals surface area contributed by atoms with Crippen molar-refractivity contribution in [3.05, 3.63) is 107 Å². The summed E-state index contributed by atoms with van der Waals surface area (Å²) in [4.78, 5) is 25.0. The second-order valence-corrected chi connectivity index (χ2v) is 10.1. The van der Waals surface area contributed by atoms with Gasteiger partial charge in [0, 0.05) is 11.6 Å². The zero-order chi connectivity index (χ0) is 27.6. The second kappa shape index (κ2) is 13.6. The number of aryl methyl sites for hydroxylation is 3. The van der Waals surface area contributed by atoms with E-state index in [0.29, 0.717) is 42.2 Å². The van der Waals surface area contributed by atoms with Gasteiger partial charge in [-0.2, -0.15) is 16.9 Å². The fourth-order valence-electron chi connectivity index (χ4n) is 4.19. The third kappa shape index (κ3) is 7.67. The lowest BCUT2D eigenvalue weighted by Gasteiger charge is -2.17. The number of aromatic nitrogens is 2. The zero-order valence-corrected chi connectivity index (χ0v) is 22.8. The first-order valence-electron chi connectivity index (χ1n) is 12.7. The van der Waals surface area contributed by atoms with Crippen LogP contribution in [0, 0.1) is 6.92 Å². The molecule has 0 bridgehead atoms. The molecule has 2 N–H and O–H groups in total. The van der Waals surface area contributed by atoms with Gasteiger partial charge in [0.2, 0.25) is 5.88 Å². The van der Waals surface area contributed by atoms with Crippen molar-refractivity contribution >= 4 is 23.6 Å². The van der Waals surface area contributed by atoms with Crippen LogP contribution in [0.3, 0.4) is 0 Å². The minimum Gasteiger partial charge on any atom is -0.480 e. The molecule has 200 valence electrons. The number of carbonyl (C=O) groups excluding carboxylic acids is 1. The molecule has 0 aliphatic carbocycles. The Morgan fingerprint density at radius 3 is 2.38 bits per heavy atom. The standard InChI is InChI=1S/C31H31N3O4S/c1-21-8-6-7-11-25(21)27-20-22(13-16-26(27)30(35)32-28(31(36)37)18-19-39-2)12-14-23-15-17-29(34-33-23)38-24-9-4-3-5-10-24/h3-11,13,15-17,20,28H,12,14,18-19H2,1-2H3,(H,32,35)(H,36,37). The van der Waals surface area contributed by atoms with Crippen molar-refractivity contribution in [2.75, 3.05) is 12.0 Å². The summed E-state index contributed by atoms with van der Waals surface area (Å²) in [5.74, 6) is 0.343. The Morgan fingerprint density at radius 1 is 0.923 bits per heavy atom. The first-order valence-corrected chi connectivity index (χ1v) is 14.1. The highest BCUT2D eigenvalue weighted by Crippen LogP contribution is 2.29. The zero-order valence-electron chi connectivity index (χ0n) is 22.0. The van der Waals surface area contributed by atoms with Crippen molar-refractivity contribution in [1.82, 2.24) is 15.5 Å². The fourth-order valence-corrected chi connectivity index (χ4v) is 4.66. The number of rotatable bonds is 12. The summed E-state index contributed by atoms with van der Waals surface area (Å²) in [5, 5.41) is 20.8. The molecule has 39 heavy (non-hydrogen) atoms. The Morgan fingerprint density at radius 2 is 1.69 bits per heavy atom. The summed E-state index contributed by atoms with van der Waals surface area (Å²) in [5.41, 5.74) is 5.05. The van der Waals surface area contributed by atoms with Crippen LogP contribution in [0.1, 0.15) is 33.6 Å². The van der Waals surface area contributed by atoms with Crippen LogP contribution in [0.15, 0.2) is 84.9 Å². The highest BCUT2D eigenvalue weighted by Gasteiger charge is 2.22. The summed E-state index contributed by atoms with van der Waals surface area (Å²) >= 11 is 1.55. The second-order valence-electron chi connectivity index (χ2n) is 9.12. The van der Waals surface area contributed by atoms with Gasteiger partial charge in [-0.1, -0.05) is 54.6 Å². The number of carbonyl (C=O) groups is 2. The van der Waals surface area contributed by atoms with Gasteiger partial charge in [0.15, 0.2) is 0 Å². The van der Waals surface area contributed by atoms with E-state index in [0.717, 1.165) is 27.9 Å². The first-order chi connectivity index (χ1) is 18.9. The molecule has 0 fully saturated rings. The average Bonchev–Trinajstić information content (AvgIpc) is 2.95. The molecule has 4 rings (SSSR count). The number of thioether (sulfide) groups is 1. The molecule has 1 unspecified atom stereocenters. The molecule has 0 aliphatic rings. The SMILES string of the molecule is CSCCC(NC(=O)c1ccc(CCc2ccc(Oc3ccccc3)nn2)cc1-c1ccccc1C)C(=O)O. The van der Waals surface area contributed by atoms with Gasteiger partial charge in [-0.3, -0.25) is 4.79 Å². The number of benzene rings is 3. The van der Waals surface area contributed by atoms with Gasteiger partial charge in [-0.25, -0.2) is 4.79 Å². The first kappa shape index (κ1) is 27.9. The third-order valence-electron chi connectivity index (χ3n) is 6.31. The number of nitrogens with zero attached hydrogens (tertiary/aromatic N) is 2. The van der Waals surface area contributed by atoms with Crippen LogP contribution < -0.4 is 10.1 Å². The lowest BCUT2D eigenvalue weighted by molar-refractivity contribution is -0.139. The lowest BCUT2D eigenvalue weighted by atomic mass is 9.92. The van der Waals surface area contributed by atoms with Gasteiger partial charge in [0.1, 0.15) is 11.8 Å². The minimum absolute atomic E-state index is 0.357. The molecule has 8 heteroatoms. The summed E-state index contributed by atoms with van der Waals surface area (Å²) in [6.45, 7) is 2.00. The minimum atomic E-state index is -1.03. The van der Waals surface area contributed by atoms with Gasteiger partial charge in [-0.05, 0) is 84.7 Å². The van der Waals surface area contributed by atoms with E-state index in [1.807, 2.05) is 86.0 Å². The largest absolute Gasteiger partial charge is 0.480 e. The molecule has 0 saturated carbocycles. The summed E-state index contributed by atoms with van der Waals surface area (Å²) in [6, 6.07) is 25.8. The molecule has 7 nitrogen and oxygen atoms in total. The summed E-state index contributed by atoms with van der Waals surface area (Å²) in [7, 11) is 0. The van der Waals surface area contributed by atoms with Crippen molar-refractivity contribution in [3.8, 4) is 22.8 Å².